The third-order valence-corrected chi connectivity index (χ3v) is 9.36. The summed E-state index contributed by atoms with van der Waals surface area (Å²) in [5, 5.41) is 0. The van der Waals surface area contributed by atoms with E-state index in [9.17, 15) is 14.4 Å². The number of rotatable bonds is 40. The molecule has 0 spiro atoms. The van der Waals surface area contributed by atoms with Crippen LogP contribution >= 0.6 is 0 Å². The van der Waals surface area contributed by atoms with Gasteiger partial charge >= 0.3 is 17.9 Å². The van der Waals surface area contributed by atoms with Gasteiger partial charge in [-0.1, -0.05) is 200 Å². The lowest BCUT2D eigenvalue weighted by Gasteiger charge is -2.18. The molecule has 0 saturated heterocycles. The van der Waals surface area contributed by atoms with Crippen LogP contribution in [0.15, 0.2) is 122 Å². The minimum Gasteiger partial charge on any atom is -0.462 e. The first kappa shape index (κ1) is 55.8. The molecule has 0 N–H and O–H groups in total. The Labute approximate surface area is 367 Å². The van der Waals surface area contributed by atoms with E-state index in [-0.39, 0.29) is 38.0 Å². The van der Waals surface area contributed by atoms with Crippen LogP contribution in [0.2, 0.25) is 0 Å². The zero-order chi connectivity index (χ0) is 43.7. The number of unbranched alkanes of at least 4 members (excludes halogenated alkanes) is 14. The van der Waals surface area contributed by atoms with Crippen LogP contribution < -0.4 is 0 Å². The first-order valence-electron chi connectivity index (χ1n) is 23.6. The fourth-order valence-corrected chi connectivity index (χ4v) is 5.86. The number of ether oxygens (including phenoxy) is 3. The van der Waals surface area contributed by atoms with Crippen LogP contribution in [0, 0.1) is 0 Å². The van der Waals surface area contributed by atoms with Crippen molar-refractivity contribution in [3.63, 3.8) is 0 Å². The highest BCUT2D eigenvalue weighted by molar-refractivity contribution is 5.71. The number of hydrogen-bond donors (Lipinski definition) is 0. The molecule has 0 fully saturated rings. The fourth-order valence-electron chi connectivity index (χ4n) is 5.86. The van der Waals surface area contributed by atoms with Crippen molar-refractivity contribution in [1.29, 1.82) is 0 Å². The van der Waals surface area contributed by atoms with Gasteiger partial charge in [-0.25, -0.2) is 0 Å². The highest BCUT2D eigenvalue weighted by atomic mass is 16.6. The summed E-state index contributed by atoms with van der Waals surface area (Å²) in [6.07, 6.45) is 64.8. The summed E-state index contributed by atoms with van der Waals surface area (Å²) >= 11 is 0. The SMILES string of the molecule is CC\C=C/C=C\C=C/C=C\C=C\C=C/CCCCCC(=O)OCC(COC(=O)CCCCCCC/C=C\C/C=C\CC)OC(=O)CC/C=C\C/C=C\CCCCCCCC. The average molecular weight is 829 g/mol. The normalized spacial score (nSPS) is 13.2. The molecule has 0 aromatic heterocycles. The molecule has 0 aromatic carbocycles. The number of esters is 3. The second kappa shape index (κ2) is 47.5. The second-order valence-electron chi connectivity index (χ2n) is 15.0. The van der Waals surface area contributed by atoms with Crippen molar-refractivity contribution in [2.45, 2.75) is 187 Å². The quantitative estimate of drug-likeness (QED) is 0.0201. The smallest absolute Gasteiger partial charge is 0.306 e. The molecule has 0 rings (SSSR count). The second-order valence-corrected chi connectivity index (χ2v) is 15.0. The Morgan fingerprint density at radius 1 is 0.367 bits per heavy atom. The lowest BCUT2D eigenvalue weighted by molar-refractivity contribution is -0.166. The molecule has 1 atom stereocenters. The molecule has 0 aliphatic carbocycles. The number of carbonyl (C=O) groups is 3. The van der Waals surface area contributed by atoms with E-state index >= 15 is 0 Å². The Hall–Kier alpha value is -4.19. The number of allylic oxidation sites excluding steroid dienone is 20. The van der Waals surface area contributed by atoms with Gasteiger partial charge in [-0.15, -0.1) is 0 Å². The van der Waals surface area contributed by atoms with E-state index in [0.717, 1.165) is 89.9 Å². The van der Waals surface area contributed by atoms with Gasteiger partial charge < -0.3 is 14.2 Å². The molecule has 0 aromatic rings. The maximum Gasteiger partial charge on any atom is 0.306 e. The van der Waals surface area contributed by atoms with E-state index in [1.165, 1.54) is 38.5 Å². The monoisotopic (exact) mass is 829 g/mol. The van der Waals surface area contributed by atoms with Crippen LogP contribution in [0.5, 0.6) is 0 Å². The molecule has 60 heavy (non-hydrogen) atoms. The molecule has 0 saturated carbocycles. The maximum atomic E-state index is 12.7. The Morgan fingerprint density at radius 3 is 1.28 bits per heavy atom. The Bertz CT molecular complexity index is 1320. The Kier molecular flexibility index (Phi) is 44.2. The van der Waals surface area contributed by atoms with E-state index in [0.29, 0.717) is 19.3 Å². The van der Waals surface area contributed by atoms with Gasteiger partial charge in [0.2, 0.25) is 0 Å². The summed E-state index contributed by atoms with van der Waals surface area (Å²) in [4.78, 5) is 37.8. The van der Waals surface area contributed by atoms with Crippen molar-refractivity contribution in [3.05, 3.63) is 122 Å². The summed E-state index contributed by atoms with van der Waals surface area (Å²) in [5.74, 6) is -1.07. The zero-order valence-electron chi connectivity index (χ0n) is 38.2. The standard InChI is InChI=1S/C54H84O6/c1-4-7-10-13-16-19-22-25-26-27-28-30-32-35-38-41-44-47-53(56)59-50-51(49-58-52(55)46-43-40-37-34-31-24-21-18-15-12-9-6-3)60-54(57)48-45-42-39-36-33-29-23-20-17-14-11-8-5-2/h7,9-10,12-13,16,18-19,21-22,25-30,32-33,39,42,51H,4-6,8,11,14-15,17,20,23-24,31,34-38,40-41,43-50H2,1-3H3/b10-7-,12-9-,16-13-,21-18-,22-19-,26-25-,28-27+,32-30-,33-29-,42-39-. The first-order valence-corrected chi connectivity index (χ1v) is 23.6. The van der Waals surface area contributed by atoms with Crippen molar-refractivity contribution >= 4 is 17.9 Å². The van der Waals surface area contributed by atoms with Gasteiger partial charge in [0.05, 0.1) is 0 Å². The molecule has 0 radical (unpaired) electrons. The van der Waals surface area contributed by atoms with Gasteiger partial charge in [-0.3, -0.25) is 14.4 Å². The van der Waals surface area contributed by atoms with E-state index in [1.54, 1.807) is 0 Å². The molecule has 0 aliphatic heterocycles. The van der Waals surface area contributed by atoms with Crippen molar-refractivity contribution < 1.29 is 28.6 Å². The highest BCUT2D eigenvalue weighted by Gasteiger charge is 2.19. The van der Waals surface area contributed by atoms with E-state index in [4.69, 9.17) is 14.2 Å². The third-order valence-electron chi connectivity index (χ3n) is 9.36. The van der Waals surface area contributed by atoms with Crippen molar-refractivity contribution in [2.24, 2.45) is 0 Å². The molecular weight excluding hydrogens is 745 g/mol. The van der Waals surface area contributed by atoms with Gasteiger partial charge in [0.25, 0.3) is 0 Å². The van der Waals surface area contributed by atoms with Crippen LogP contribution in [0.3, 0.4) is 0 Å². The van der Waals surface area contributed by atoms with Crippen molar-refractivity contribution in [3.8, 4) is 0 Å². The van der Waals surface area contributed by atoms with Crippen LogP contribution in [0.1, 0.15) is 181 Å². The summed E-state index contributed by atoms with van der Waals surface area (Å²) in [7, 11) is 0. The zero-order valence-corrected chi connectivity index (χ0v) is 38.2. The predicted molar refractivity (Wildman–Crippen MR) is 256 cm³/mol. The molecular formula is C54H84O6. The Balaban J connectivity index is 4.59. The molecule has 6 nitrogen and oxygen atoms in total. The summed E-state index contributed by atoms with van der Waals surface area (Å²) in [5.41, 5.74) is 0. The van der Waals surface area contributed by atoms with Gasteiger partial charge in [0, 0.05) is 19.3 Å². The largest absolute Gasteiger partial charge is 0.462 e. The van der Waals surface area contributed by atoms with Crippen LogP contribution in [-0.4, -0.2) is 37.2 Å². The minimum absolute atomic E-state index is 0.127. The Morgan fingerprint density at radius 2 is 0.767 bits per heavy atom. The third kappa shape index (κ3) is 44.9. The predicted octanol–water partition coefficient (Wildman–Crippen LogP) is 15.4. The van der Waals surface area contributed by atoms with E-state index in [1.807, 2.05) is 66.8 Å². The number of hydrogen-bond acceptors (Lipinski definition) is 6. The van der Waals surface area contributed by atoms with Gasteiger partial charge in [-0.05, 0) is 83.5 Å². The minimum atomic E-state index is -0.835. The van der Waals surface area contributed by atoms with E-state index in [2.05, 4.69) is 75.5 Å². The van der Waals surface area contributed by atoms with Crippen molar-refractivity contribution in [2.75, 3.05) is 13.2 Å². The van der Waals surface area contributed by atoms with Crippen molar-refractivity contribution in [1.82, 2.24) is 0 Å². The maximum absolute atomic E-state index is 12.7. The number of carbonyl (C=O) groups excluding carboxylic acids is 3. The lowest BCUT2D eigenvalue weighted by atomic mass is 10.1. The molecule has 0 amide bonds. The summed E-state index contributed by atoms with van der Waals surface area (Å²) in [6.45, 7) is 6.24. The molecule has 0 bridgehead atoms. The topological polar surface area (TPSA) is 78.9 Å². The molecule has 0 heterocycles. The van der Waals surface area contributed by atoms with Crippen LogP contribution in [-0.2, 0) is 28.6 Å². The summed E-state index contributed by atoms with van der Waals surface area (Å²) < 4.78 is 16.6. The lowest BCUT2D eigenvalue weighted by Crippen LogP contribution is -2.30. The molecule has 336 valence electrons. The highest BCUT2D eigenvalue weighted by Crippen LogP contribution is 2.11. The van der Waals surface area contributed by atoms with Gasteiger partial charge in [0.15, 0.2) is 6.10 Å². The fraction of sp³-hybridized carbons (Fsp3) is 0.574. The summed E-state index contributed by atoms with van der Waals surface area (Å²) in [6, 6.07) is 0. The van der Waals surface area contributed by atoms with E-state index < -0.39 is 12.1 Å². The molecule has 0 aliphatic rings. The average Bonchev–Trinajstić information content (AvgIpc) is 3.24. The van der Waals surface area contributed by atoms with Gasteiger partial charge in [0.1, 0.15) is 13.2 Å². The van der Waals surface area contributed by atoms with Gasteiger partial charge in [-0.2, -0.15) is 0 Å². The first-order chi connectivity index (χ1) is 29.5. The van der Waals surface area contributed by atoms with Crippen LogP contribution in [0.25, 0.3) is 0 Å². The molecule has 1 unspecified atom stereocenters. The van der Waals surface area contributed by atoms with Crippen LogP contribution in [0.4, 0.5) is 0 Å². The molecule has 6 heteroatoms.